The number of carbonyl (C=O) groups excluding carboxylic acids is 2. The highest BCUT2D eigenvalue weighted by Crippen LogP contribution is 2.34. The van der Waals surface area contributed by atoms with Crippen LogP contribution < -0.4 is 10.6 Å². The second-order valence-corrected chi connectivity index (χ2v) is 8.48. The van der Waals surface area contributed by atoms with Gasteiger partial charge in [-0.25, -0.2) is 9.97 Å². The first kappa shape index (κ1) is 20.9. The lowest BCUT2D eigenvalue weighted by Crippen LogP contribution is -2.25. The molecule has 0 spiro atoms. The van der Waals surface area contributed by atoms with Crippen molar-refractivity contribution in [2.45, 2.75) is 32.2 Å². The largest absolute Gasteiger partial charge is 0.352 e. The van der Waals surface area contributed by atoms with Crippen LogP contribution in [0.15, 0.2) is 54.9 Å². The smallest absolute Gasteiger partial charge is 0.257 e. The molecule has 0 radical (unpaired) electrons. The van der Waals surface area contributed by atoms with Gasteiger partial charge in [-0.3, -0.25) is 14.9 Å². The number of aryl methyl sites for hydroxylation is 1. The summed E-state index contributed by atoms with van der Waals surface area (Å²) in [7, 11) is 1.97. The summed E-state index contributed by atoms with van der Waals surface area (Å²) in [6.07, 6.45) is 6.38. The highest BCUT2D eigenvalue weighted by Gasteiger charge is 2.23. The highest BCUT2D eigenvalue weighted by atomic mass is 16.2. The Kier molecular flexibility index (Phi) is 5.42. The van der Waals surface area contributed by atoms with Crippen LogP contribution in [0.5, 0.6) is 0 Å². The number of hydrogen-bond acceptors (Lipinski definition) is 4. The molecular weight excluding hydrogens is 416 g/mol. The first-order chi connectivity index (χ1) is 16.0. The summed E-state index contributed by atoms with van der Waals surface area (Å²) in [5.41, 5.74) is 3.60. The second kappa shape index (κ2) is 8.54. The van der Waals surface area contributed by atoms with Gasteiger partial charge in [0.2, 0.25) is 5.95 Å². The Balaban J connectivity index is 1.66. The Labute approximate surface area is 191 Å². The van der Waals surface area contributed by atoms with Gasteiger partial charge < -0.3 is 14.5 Å². The lowest BCUT2D eigenvalue weighted by Gasteiger charge is -2.20. The number of benzene rings is 2. The molecule has 0 saturated carbocycles. The molecule has 0 saturated heterocycles. The van der Waals surface area contributed by atoms with Crippen LogP contribution in [0.4, 0.5) is 5.95 Å². The van der Waals surface area contributed by atoms with E-state index < -0.39 is 0 Å². The Bertz CT molecular complexity index is 1350. The van der Waals surface area contributed by atoms with Crippen LogP contribution >= 0.6 is 0 Å². The number of carbonyl (C=O) groups is 2. The summed E-state index contributed by atoms with van der Waals surface area (Å²) < 4.78 is 4.10. The lowest BCUT2D eigenvalue weighted by molar-refractivity contribution is 0.0953. The fraction of sp³-hybridized carbons (Fsp3) is 0.280. The summed E-state index contributed by atoms with van der Waals surface area (Å²) in [6.45, 7) is 2.73. The van der Waals surface area contributed by atoms with E-state index in [1.807, 2.05) is 36.0 Å². The van der Waals surface area contributed by atoms with Gasteiger partial charge in [0.05, 0.1) is 11.0 Å². The molecule has 168 valence electrons. The monoisotopic (exact) mass is 442 g/mol. The van der Waals surface area contributed by atoms with Gasteiger partial charge in [-0.15, -0.1) is 0 Å². The van der Waals surface area contributed by atoms with Crippen LogP contribution in [0.3, 0.4) is 0 Å². The average Bonchev–Trinajstić information content (AvgIpc) is 3.41. The molecule has 2 amide bonds. The normalized spacial score (nSPS) is 17.2. The SMILES string of the molecule is C[C@H]1CCCCNC(=O)c2cccc(c2)C(=O)Nc2nc3cccc(-c4nccn4C)c3n21. The van der Waals surface area contributed by atoms with Crippen molar-refractivity contribution in [3.05, 3.63) is 66.0 Å². The van der Waals surface area contributed by atoms with E-state index in [1.165, 1.54) is 0 Å². The summed E-state index contributed by atoms with van der Waals surface area (Å²) in [4.78, 5) is 34.9. The molecule has 1 atom stereocenters. The molecule has 5 rings (SSSR count). The number of nitrogens with one attached hydrogen (secondary N) is 2. The predicted octanol–water partition coefficient (Wildman–Crippen LogP) is 4.16. The van der Waals surface area contributed by atoms with Crippen LogP contribution in [0.2, 0.25) is 0 Å². The number of rotatable bonds is 1. The van der Waals surface area contributed by atoms with Crippen molar-refractivity contribution in [1.29, 1.82) is 0 Å². The minimum Gasteiger partial charge on any atom is -0.352 e. The molecule has 1 aliphatic rings. The third-order valence-electron chi connectivity index (χ3n) is 6.16. The van der Waals surface area contributed by atoms with E-state index in [4.69, 9.17) is 4.98 Å². The van der Waals surface area contributed by atoms with Crippen molar-refractivity contribution in [3.63, 3.8) is 0 Å². The third kappa shape index (κ3) is 3.88. The molecule has 0 unspecified atom stereocenters. The maximum atomic E-state index is 13.2. The van der Waals surface area contributed by atoms with E-state index in [9.17, 15) is 9.59 Å². The second-order valence-electron chi connectivity index (χ2n) is 8.48. The van der Waals surface area contributed by atoms with Crippen molar-refractivity contribution >= 4 is 28.8 Å². The number of anilines is 1. The first-order valence-corrected chi connectivity index (χ1v) is 11.2. The third-order valence-corrected chi connectivity index (χ3v) is 6.16. The van der Waals surface area contributed by atoms with Crippen LogP contribution in [0, 0.1) is 0 Å². The summed E-state index contributed by atoms with van der Waals surface area (Å²) in [5, 5.41) is 5.95. The number of nitrogens with zero attached hydrogens (tertiary/aromatic N) is 4. The minimum absolute atomic E-state index is 0.0803. The Morgan fingerprint density at radius 2 is 1.82 bits per heavy atom. The average molecular weight is 443 g/mol. The molecule has 4 aromatic rings. The molecule has 0 fully saturated rings. The van der Waals surface area contributed by atoms with E-state index in [0.717, 1.165) is 41.7 Å². The molecule has 33 heavy (non-hydrogen) atoms. The van der Waals surface area contributed by atoms with Crippen LogP contribution in [-0.4, -0.2) is 37.5 Å². The van der Waals surface area contributed by atoms with Gasteiger partial charge in [0.1, 0.15) is 5.82 Å². The molecule has 3 heterocycles. The zero-order valence-corrected chi connectivity index (χ0v) is 18.7. The number of fused-ring (bicyclic) bond motifs is 5. The maximum absolute atomic E-state index is 13.2. The lowest BCUT2D eigenvalue weighted by atomic mass is 10.1. The van der Waals surface area contributed by atoms with Crippen molar-refractivity contribution in [1.82, 2.24) is 24.4 Å². The predicted molar refractivity (Wildman–Crippen MR) is 127 cm³/mol. The number of imidazole rings is 2. The maximum Gasteiger partial charge on any atom is 0.257 e. The summed E-state index contributed by atoms with van der Waals surface area (Å²) >= 11 is 0. The van der Waals surface area contributed by atoms with Crippen LogP contribution in [-0.2, 0) is 7.05 Å². The molecule has 0 aliphatic carbocycles. The van der Waals surface area contributed by atoms with Crippen LogP contribution in [0.1, 0.15) is 52.9 Å². The first-order valence-electron chi connectivity index (χ1n) is 11.2. The fourth-order valence-corrected chi connectivity index (χ4v) is 4.44. The van der Waals surface area contributed by atoms with Crippen molar-refractivity contribution in [2.24, 2.45) is 7.05 Å². The van der Waals surface area contributed by atoms with E-state index in [0.29, 0.717) is 23.6 Å². The van der Waals surface area contributed by atoms with Gasteiger partial charge in [-0.1, -0.05) is 12.1 Å². The van der Waals surface area contributed by atoms with Crippen molar-refractivity contribution in [3.8, 4) is 11.4 Å². The van der Waals surface area contributed by atoms with Crippen molar-refractivity contribution < 1.29 is 9.59 Å². The number of hydrogen-bond donors (Lipinski definition) is 2. The van der Waals surface area contributed by atoms with Crippen molar-refractivity contribution in [2.75, 3.05) is 11.9 Å². The molecule has 8 nitrogen and oxygen atoms in total. The van der Waals surface area contributed by atoms with Crippen LogP contribution in [0.25, 0.3) is 22.4 Å². The molecule has 2 aromatic carbocycles. The summed E-state index contributed by atoms with van der Waals surface area (Å²) in [6, 6.07) is 12.8. The van der Waals surface area contributed by atoms with Gasteiger partial charge in [-0.05, 0) is 56.5 Å². The van der Waals surface area contributed by atoms with Gasteiger partial charge in [-0.2, -0.15) is 0 Å². The number of para-hydroxylation sites is 1. The zero-order chi connectivity index (χ0) is 22.9. The molecular formula is C25H26N6O2. The Morgan fingerprint density at radius 1 is 1.03 bits per heavy atom. The highest BCUT2D eigenvalue weighted by molar-refractivity contribution is 6.06. The fourth-order valence-electron chi connectivity index (χ4n) is 4.44. The minimum atomic E-state index is -0.302. The van der Waals surface area contributed by atoms with E-state index in [2.05, 4.69) is 27.1 Å². The van der Waals surface area contributed by atoms with E-state index in [-0.39, 0.29) is 17.9 Å². The van der Waals surface area contributed by atoms with Gasteiger partial charge >= 0.3 is 0 Å². The Morgan fingerprint density at radius 3 is 2.61 bits per heavy atom. The van der Waals surface area contributed by atoms with Gasteiger partial charge in [0.15, 0.2) is 0 Å². The summed E-state index contributed by atoms with van der Waals surface area (Å²) in [5.74, 6) is 0.874. The zero-order valence-electron chi connectivity index (χ0n) is 18.7. The molecule has 8 heteroatoms. The molecule has 2 aromatic heterocycles. The van der Waals surface area contributed by atoms with E-state index in [1.54, 1.807) is 30.5 Å². The Hall–Kier alpha value is -3.94. The topological polar surface area (TPSA) is 93.8 Å². The number of amides is 2. The number of aromatic nitrogens is 4. The van der Waals surface area contributed by atoms with E-state index >= 15 is 0 Å². The quantitative estimate of drug-likeness (QED) is 0.463. The molecule has 1 aliphatic heterocycles. The molecule has 2 bridgehead atoms. The molecule has 2 N–H and O–H groups in total. The van der Waals surface area contributed by atoms with Gasteiger partial charge in [0.25, 0.3) is 11.8 Å². The van der Waals surface area contributed by atoms with Gasteiger partial charge in [0, 0.05) is 48.7 Å². The standard InChI is InChI=1S/C25H26N6O2/c1-16-7-3-4-12-27-23(32)17-8-5-9-18(15-17)24(33)29-25-28-20-11-6-10-19(21(20)31(16)25)22-26-13-14-30(22)2/h5-6,8-11,13-16H,3-4,7,12H2,1-2H3,(H,27,32)(H,28,29,33)/t16-/m0/s1.